The number of nitrogens with one attached hydrogen (secondary N) is 1. The first-order chi connectivity index (χ1) is 8.65. The molecule has 1 unspecified atom stereocenters. The van der Waals surface area contributed by atoms with Crippen LogP contribution in [0.3, 0.4) is 0 Å². The molecule has 0 aliphatic heterocycles. The summed E-state index contributed by atoms with van der Waals surface area (Å²) >= 11 is 0. The zero-order chi connectivity index (χ0) is 13.1. The average Bonchev–Trinajstić information content (AvgIpc) is 3.20. The van der Waals surface area contributed by atoms with Crippen molar-refractivity contribution in [2.45, 2.75) is 18.9 Å². The Kier molecular flexibility index (Phi) is 3.44. The number of anilines is 1. The number of benzene rings is 1. The van der Waals surface area contributed by atoms with Crippen molar-refractivity contribution < 1.29 is 4.92 Å². The number of nitro benzene ring substituents is 1. The van der Waals surface area contributed by atoms with Gasteiger partial charge in [-0.2, -0.15) is 5.26 Å². The fourth-order valence-electron chi connectivity index (χ4n) is 1.93. The molecule has 1 fully saturated rings. The molecule has 0 heterocycles. The molecular weight excluding hydrogens is 232 g/mol. The average molecular weight is 246 g/mol. The van der Waals surface area contributed by atoms with Crippen LogP contribution in [0.2, 0.25) is 0 Å². The molecule has 6 heteroatoms. The number of nitrogens with two attached hydrogens (primary N) is 1. The highest BCUT2D eigenvalue weighted by molar-refractivity contribution is 5.61. The Morgan fingerprint density at radius 3 is 2.83 bits per heavy atom. The van der Waals surface area contributed by atoms with E-state index in [9.17, 15) is 10.1 Å². The number of nitro groups is 1. The Morgan fingerprint density at radius 1 is 1.61 bits per heavy atom. The molecule has 1 aliphatic carbocycles. The molecular formula is C12H14N4O2. The molecule has 0 radical (unpaired) electrons. The molecule has 1 atom stereocenters. The molecule has 1 saturated carbocycles. The molecule has 0 amide bonds. The maximum absolute atomic E-state index is 10.6. The van der Waals surface area contributed by atoms with Crippen LogP contribution in [0, 0.1) is 27.4 Å². The van der Waals surface area contributed by atoms with Crippen molar-refractivity contribution in [1.82, 2.24) is 0 Å². The van der Waals surface area contributed by atoms with Crippen molar-refractivity contribution in [3.8, 4) is 6.07 Å². The van der Waals surface area contributed by atoms with E-state index in [-0.39, 0.29) is 17.3 Å². The summed E-state index contributed by atoms with van der Waals surface area (Å²) in [4.78, 5) is 10.1. The smallest absolute Gasteiger partial charge is 0.270 e. The largest absolute Gasteiger partial charge is 0.380 e. The Morgan fingerprint density at radius 2 is 2.33 bits per heavy atom. The minimum atomic E-state index is -0.508. The Hall–Kier alpha value is -2.13. The van der Waals surface area contributed by atoms with Gasteiger partial charge in [-0.1, -0.05) is 0 Å². The molecule has 1 aliphatic rings. The van der Waals surface area contributed by atoms with Crippen LogP contribution in [0.25, 0.3) is 0 Å². The fourth-order valence-corrected chi connectivity index (χ4v) is 1.93. The van der Waals surface area contributed by atoms with Crippen LogP contribution < -0.4 is 11.1 Å². The molecule has 2 rings (SSSR count). The van der Waals surface area contributed by atoms with E-state index in [2.05, 4.69) is 5.32 Å². The van der Waals surface area contributed by atoms with Crippen molar-refractivity contribution >= 4 is 11.4 Å². The predicted molar refractivity (Wildman–Crippen MR) is 67.0 cm³/mol. The van der Waals surface area contributed by atoms with Gasteiger partial charge in [-0.3, -0.25) is 10.1 Å². The SMILES string of the molecule is N#Cc1cc([N+](=O)[O-])ccc1NC(CN)C1CC1. The summed E-state index contributed by atoms with van der Waals surface area (Å²) in [5.41, 5.74) is 6.50. The zero-order valence-electron chi connectivity index (χ0n) is 9.80. The van der Waals surface area contributed by atoms with E-state index in [4.69, 9.17) is 11.0 Å². The number of rotatable bonds is 5. The Balaban J connectivity index is 2.22. The lowest BCUT2D eigenvalue weighted by Crippen LogP contribution is -2.31. The molecule has 18 heavy (non-hydrogen) atoms. The van der Waals surface area contributed by atoms with Gasteiger partial charge in [-0.25, -0.2) is 0 Å². The minimum absolute atomic E-state index is 0.0761. The van der Waals surface area contributed by atoms with E-state index in [1.165, 1.54) is 12.1 Å². The second-order valence-electron chi connectivity index (χ2n) is 4.42. The third-order valence-corrected chi connectivity index (χ3v) is 3.12. The van der Waals surface area contributed by atoms with Gasteiger partial charge in [0.15, 0.2) is 0 Å². The quantitative estimate of drug-likeness (QED) is 0.606. The molecule has 0 spiro atoms. The summed E-state index contributed by atoms with van der Waals surface area (Å²) < 4.78 is 0. The van der Waals surface area contributed by atoms with Gasteiger partial charge < -0.3 is 11.1 Å². The van der Waals surface area contributed by atoms with Crippen LogP contribution >= 0.6 is 0 Å². The van der Waals surface area contributed by atoms with Gasteiger partial charge in [0.1, 0.15) is 6.07 Å². The summed E-state index contributed by atoms with van der Waals surface area (Å²) in [5.74, 6) is 0.553. The third-order valence-electron chi connectivity index (χ3n) is 3.12. The first-order valence-corrected chi connectivity index (χ1v) is 5.81. The summed E-state index contributed by atoms with van der Waals surface area (Å²) in [6.45, 7) is 0.493. The third kappa shape index (κ3) is 2.57. The monoisotopic (exact) mass is 246 g/mol. The van der Waals surface area contributed by atoms with Crippen LogP contribution in [0.1, 0.15) is 18.4 Å². The highest BCUT2D eigenvalue weighted by Crippen LogP contribution is 2.34. The lowest BCUT2D eigenvalue weighted by molar-refractivity contribution is -0.384. The first kappa shape index (κ1) is 12.3. The van der Waals surface area contributed by atoms with Gasteiger partial charge >= 0.3 is 0 Å². The number of hydrogen-bond acceptors (Lipinski definition) is 5. The van der Waals surface area contributed by atoms with Crippen LogP contribution in [-0.2, 0) is 0 Å². The van der Waals surface area contributed by atoms with Crippen LogP contribution in [0.15, 0.2) is 18.2 Å². The van der Waals surface area contributed by atoms with Crippen molar-refractivity contribution in [3.05, 3.63) is 33.9 Å². The fraction of sp³-hybridized carbons (Fsp3) is 0.417. The molecule has 6 nitrogen and oxygen atoms in total. The second kappa shape index (κ2) is 5.02. The van der Waals surface area contributed by atoms with Gasteiger partial charge in [-0.15, -0.1) is 0 Å². The zero-order valence-corrected chi connectivity index (χ0v) is 9.80. The Labute approximate surface area is 105 Å². The number of non-ortho nitro benzene ring substituents is 1. The molecule has 1 aromatic rings. The van der Waals surface area contributed by atoms with Crippen molar-refractivity contribution in [2.24, 2.45) is 11.7 Å². The summed E-state index contributed by atoms with van der Waals surface area (Å²) in [6, 6.07) is 6.35. The van der Waals surface area contributed by atoms with E-state index in [0.29, 0.717) is 18.2 Å². The van der Waals surface area contributed by atoms with Gasteiger partial charge in [0.25, 0.3) is 5.69 Å². The highest BCUT2D eigenvalue weighted by Gasteiger charge is 2.30. The second-order valence-corrected chi connectivity index (χ2v) is 4.42. The van der Waals surface area contributed by atoms with E-state index in [1.54, 1.807) is 6.07 Å². The summed E-state index contributed by atoms with van der Waals surface area (Å²) in [6.07, 6.45) is 2.29. The lowest BCUT2D eigenvalue weighted by atomic mass is 10.1. The van der Waals surface area contributed by atoms with Gasteiger partial charge in [0.2, 0.25) is 0 Å². The highest BCUT2D eigenvalue weighted by atomic mass is 16.6. The van der Waals surface area contributed by atoms with Crippen molar-refractivity contribution in [2.75, 3.05) is 11.9 Å². The standard InChI is InChI=1S/C12H14N4O2/c13-6-9-5-10(16(17)18)3-4-11(9)15-12(7-14)8-1-2-8/h3-5,8,12,15H,1-2,7,14H2. The maximum atomic E-state index is 10.6. The first-order valence-electron chi connectivity index (χ1n) is 5.81. The summed E-state index contributed by atoms with van der Waals surface area (Å²) in [5, 5.41) is 22.9. The molecule has 0 aromatic heterocycles. The molecule has 0 saturated heterocycles. The lowest BCUT2D eigenvalue weighted by Gasteiger charge is -2.18. The molecule has 1 aromatic carbocycles. The minimum Gasteiger partial charge on any atom is -0.380 e. The van der Waals surface area contributed by atoms with E-state index < -0.39 is 4.92 Å². The topological polar surface area (TPSA) is 105 Å². The maximum Gasteiger partial charge on any atom is 0.270 e. The molecule has 3 N–H and O–H groups in total. The normalized spacial score (nSPS) is 15.8. The number of nitriles is 1. The van der Waals surface area contributed by atoms with Gasteiger partial charge in [0, 0.05) is 24.7 Å². The van der Waals surface area contributed by atoms with Crippen molar-refractivity contribution in [1.29, 1.82) is 5.26 Å². The van der Waals surface area contributed by atoms with E-state index >= 15 is 0 Å². The van der Waals surface area contributed by atoms with Crippen LogP contribution in [0.4, 0.5) is 11.4 Å². The van der Waals surface area contributed by atoms with Crippen molar-refractivity contribution in [3.63, 3.8) is 0 Å². The van der Waals surface area contributed by atoms with Crippen LogP contribution in [-0.4, -0.2) is 17.5 Å². The molecule has 94 valence electrons. The number of hydrogen-bond donors (Lipinski definition) is 2. The van der Waals surface area contributed by atoms with E-state index in [0.717, 1.165) is 12.8 Å². The van der Waals surface area contributed by atoms with Crippen LogP contribution in [0.5, 0.6) is 0 Å². The Bertz CT molecular complexity index is 505. The molecule has 0 bridgehead atoms. The van der Waals surface area contributed by atoms with Gasteiger partial charge in [0.05, 0.1) is 16.2 Å². The van der Waals surface area contributed by atoms with Gasteiger partial charge in [-0.05, 0) is 24.8 Å². The number of nitrogens with zero attached hydrogens (tertiary/aromatic N) is 2. The summed E-state index contributed by atoms with van der Waals surface area (Å²) in [7, 11) is 0. The van der Waals surface area contributed by atoms with E-state index in [1.807, 2.05) is 6.07 Å². The predicted octanol–water partition coefficient (Wildman–Crippen LogP) is 1.62.